The van der Waals surface area contributed by atoms with Gasteiger partial charge in [0.2, 0.25) is 0 Å². The first-order valence-electron chi connectivity index (χ1n) is 8.88. The highest BCUT2D eigenvalue weighted by atomic mass is 19.1. The minimum Gasteiger partial charge on any atom is -0.478 e. The van der Waals surface area contributed by atoms with Crippen molar-refractivity contribution in [2.45, 2.75) is 6.54 Å². The first-order chi connectivity index (χ1) is 14.0. The summed E-state index contributed by atoms with van der Waals surface area (Å²) in [7, 11) is 0. The minimum absolute atomic E-state index is 0.0234. The minimum atomic E-state index is -1.15. The van der Waals surface area contributed by atoms with E-state index in [4.69, 9.17) is 5.73 Å². The molecule has 0 bridgehead atoms. The molecule has 5 nitrogen and oxygen atoms in total. The Morgan fingerprint density at radius 2 is 1.62 bits per heavy atom. The molecule has 29 heavy (non-hydrogen) atoms. The summed E-state index contributed by atoms with van der Waals surface area (Å²) in [5, 5.41) is 12.0. The molecule has 0 aliphatic carbocycles. The van der Waals surface area contributed by atoms with Gasteiger partial charge in [0.15, 0.2) is 0 Å². The molecule has 3 aromatic rings. The number of halogens is 1. The molecule has 0 spiro atoms. The van der Waals surface area contributed by atoms with Crippen LogP contribution in [-0.4, -0.2) is 17.0 Å². The fourth-order valence-electron chi connectivity index (χ4n) is 2.76. The number of anilines is 1. The number of nitrogens with two attached hydrogens (primary N) is 1. The quantitative estimate of drug-likeness (QED) is 0.544. The second-order valence-electron chi connectivity index (χ2n) is 6.32. The average Bonchev–Trinajstić information content (AvgIpc) is 2.73. The number of aromatic carboxylic acids is 1. The van der Waals surface area contributed by atoms with Gasteiger partial charge in [-0.1, -0.05) is 48.6 Å². The number of carbonyl (C=O) groups is 2. The summed E-state index contributed by atoms with van der Waals surface area (Å²) in [4.78, 5) is 23.9. The summed E-state index contributed by atoms with van der Waals surface area (Å²) in [6, 6.07) is 17.8. The summed E-state index contributed by atoms with van der Waals surface area (Å²) in [6.07, 6.45) is 3.41. The van der Waals surface area contributed by atoms with Crippen molar-refractivity contribution >= 4 is 29.7 Å². The van der Waals surface area contributed by atoms with Gasteiger partial charge in [0, 0.05) is 17.7 Å². The Morgan fingerprint density at radius 1 is 0.966 bits per heavy atom. The first-order valence-corrected chi connectivity index (χ1v) is 8.88. The number of carboxylic acids is 1. The van der Waals surface area contributed by atoms with Crippen molar-refractivity contribution in [3.63, 3.8) is 0 Å². The normalized spacial score (nSPS) is 10.8. The number of nitrogens with one attached hydrogen (secondary N) is 1. The van der Waals surface area contributed by atoms with E-state index in [1.165, 1.54) is 12.1 Å². The van der Waals surface area contributed by atoms with E-state index in [0.717, 1.165) is 0 Å². The Morgan fingerprint density at radius 3 is 2.24 bits per heavy atom. The fraction of sp³-hybridized carbons (Fsp3) is 0.0435. The van der Waals surface area contributed by atoms with Crippen molar-refractivity contribution in [3.8, 4) is 0 Å². The van der Waals surface area contributed by atoms with Crippen LogP contribution >= 0.6 is 0 Å². The van der Waals surface area contributed by atoms with E-state index in [9.17, 15) is 19.1 Å². The van der Waals surface area contributed by atoms with Gasteiger partial charge < -0.3 is 16.2 Å². The van der Waals surface area contributed by atoms with Crippen molar-refractivity contribution in [2.24, 2.45) is 5.73 Å². The van der Waals surface area contributed by atoms with E-state index in [1.807, 2.05) is 0 Å². The number of benzene rings is 3. The molecule has 0 heterocycles. The number of amides is 1. The number of hydrogen-bond acceptors (Lipinski definition) is 3. The molecule has 0 unspecified atom stereocenters. The third-order valence-corrected chi connectivity index (χ3v) is 4.32. The van der Waals surface area contributed by atoms with Crippen LogP contribution in [0.3, 0.4) is 0 Å². The molecular weight excluding hydrogens is 371 g/mol. The van der Waals surface area contributed by atoms with Crippen molar-refractivity contribution in [2.75, 3.05) is 5.32 Å². The van der Waals surface area contributed by atoms with Crippen LogP contribution in [0.5, 0.6) is 0 Å². The molecule has 0 saturated carbocycles. The molecular formula is C23H19FN2O3. The van der Waals surface area contributed by atoms with Crippen molar-refractivity contribution in [3.05, 3.63) is 100 Å². The zero-order valence-corrected chi connectivity index (χ0v) is 15.4. The Hall–Kier alpha value is -3.77. The van der Waals surface area contributed by atoms with E-state index in [1.54, 1.807) is 66.7 Å². The standard InChI is InChI=1S/C23H19FN2O3/c24-20-12-15(8-10-18(20)14-25)6-7-16-9-11-19(23(28)29)21(13-16)26-22(27)17-4-2-1-3-5-17/h1-13H,14,25H2,(H,26,27)(H,28,29)/b7-6+. The molecule has 0 aliphatic heterocycles. The molecule has 0 fully saturated rings. The SMILES string of the molecule is NCc1ccc(/C=C/c2ccc(C(=O)O)c(NC(=O)c3ccccc3)c2)cc1F. The zero-order valence-electron chi connectivity index (χ0n) is 15.4. The molecule has 0 saturated heterocycles. The summed E-state index contributed by atoms with van der Waals surface area (Å²) in [6.45, 7) is 0.122. The van der Waals surface area contributed by atoms with Crippen LogP contribution in [0, 0.1) is 5.82 Å². The highest BCUT2D eigenvalue weighted by molar-refractivity contribution is 6.08. The Bertz CT molecular complexity index is 1080. The van der Waals surface area contributed by atoms with Gasteiger partial charge in [0.05, 0.1) is 11.3 Å². The van der Waals surface area contributed by atoms with Gasteiger partial charge in [-0.05, 0) is 41.5 Å². The summed E-state index contributed by atoms with van der Waals surface area (Å²) in [5.74, 6) is -1.94. The van der Waals surface area contributed by atoms with Gasteiger partial charge >= 0.3 is 5.97 Å². The maximum atomic E-state index is 13.9. The number of rotatable bonds is 6. The van der Waals surface area contributed by atoms with E-state index in [2.05, 4.69) is 5.32 Å². The summed E-state index contributed by atoms with van der Waals surface area (Å²) in [5.41, 5.74) is 7.75. The van der Waals surface area contributed by atoms with Crippen molar-refractivity contribution in [1.82, 2.24) is 0 Å². The fourth-order valence-corrected chi connectivity index (χ4v) is 2.76. The first kappa shape index (κ1) is 20.0. The van der Waals surface area contributed by atoms with E-state index in [-0.39, 0.29) is 23.6 Å². The Balaban J connectivity index is 1.87. The molecule has 6 heteroatoms. The third-order valence-electron chi connectivity index (χ3n) is 4.32. The van der Waals surface area contributed by atoms with Crippen LogP contribution in [0.15, 0.2) is 66.7 Å². The molecule has 1 amide bonds. The molecule has 0 aromatic heterocycles. The van der Waals surface area contributed by atoms with Gasteiger partial charge in [-0.2, -0.15) is 0 Å². The highest BCUT2D eigenvalue weighted by Gasteiger charge is 2.14. The molecule has 4 N–H and O–H groups in total. The molecule has 3 aromatic carbocycles. The molecule has 146 valence electrons. The number of carboxylic acid groups (broad SMARTS) is 1. The second kappa shape index (κ2) is 8.95. The number of carbonyl (C=O) groups excluding carboxylic acids is 1. The largest absolute Gasteiger partial charge is 0.478 e. The van der Waals surface area contributed by atoms with Crippen molar-refractivity contribution in [1.29, 1.82) is 0 Å². The highest BCUT2D eigenvalue weighted by Crippen LogP contribution is 2.21. The lowest BCUT2D eigenvalue weighted by Gasteiger charge is -2.10. The lowest BCUT2D eigenvalue weighted by molar-refractivity contribution is 0.0698. The van der Waals surface area contributed by atoms with Gasteiger partial charge in [-0.25, -0.2) is 9.18 Å². The lowest BCUT2D eigenvalue weighted by Crippen LogP contribution is -2.14. The smallest absolute Gasteiger partial charge is 0.337 e. The number of hydrogen-bond donors (Lipinski definition) is 3. The summed E-state index contributed by atoms with van der Waals surface area (Å²) < 4.78 is 13.9. The van der Waals surface area contributed by atoms with E-state index >= 15 is 0 Å². The van der Waals surface area contributed by atoms with E-state index < -0.39 is 11.9 Å². The molecule has 0 atom stereocenters. The third kappa shape index (κ3) is 4.94. The second-order valence-corrected chi connectivity index (χ2v) is 6.32. The van der Waals surface area contributed by atoms with E-state index in [0.29, 0.717) is 22.3 Å². The average molecular weight is 390 g/mol. The maximum absolute atomic E-state index is 13.9. The van der Waals surface area contributed by atoms with Crippen LogP contribution in [0.1, 0.15) is 37.4 Å². The van der Waals surface area contributed by atoms with Gasteiger partial charge in [-0.15, -0.1) is 0 Å². The Kier molecular flexibility index (Phi) is 6.16. The van der Waals surface area contributed by atoms with Gasteiger partial charge in [0.1, 0.15) is 5.82 Å². The lowest BCUT2D eigenvalue weighted by atomic mass is 10.1. The van der Waals surface area contributed by atoms with Crippen LogP contribution in [0.4, 0.5) is 10.1 Å². The van der Waals surface area contributed by atoms with Crippen LogP contribution in [0.2, 0.25) is 0 Å². The predicted octanol–water partition coefficient (Wildman–Crippen LogP) is 4.41. The van der Waals surface area contributed by atoms with Crippen LogP contribution < -0.4 is 11.1 Å². The molecule has 0 aliphatic rings. The van der Waals surface area contributed by atoms with Crippen LogP contribution in [0.25, 0.3) is 12.2 Å². The molecule has 0 radical (unpaired) electrons. The zero-order chi connectivity index (χ0) is 20.8. The topological polar surface area (TPSA) is 92.4 Å². The maximum Gasteiger partial charge on any atom is 0.337 e. The summed E-state index contributed by atoms with van der Waals surface area (Å²) >= 11 is 0. The monoisotopic (exact) mass is 390 g/mol. The predicted molar refractivity (Wildman–Crippen MR) is 111 cm³/mol. The van der Waals surface area contributed by atoms with Gasteiger partial charge in [0.25, 0.3) is 5.91 Å². The van der Waals surface area contributed by atoms with Crippen LogP contribution in [-0.2, 0) is 6.54 Å². The Labute approximate surface area is 167 Å². The van der Waals surface area contributed by atoms with Crippen molar-refractivity contribution < 1.29 is 19.1 Å². The van der Waals surface area contributed by atoms with Gasteiger partial charge in [-0.3, -0.25) is 4.79 Å². The molecule has 3 rings (SSSR count).